The van der Waals surface area contributed by atoms with Crippen molar-refractivity contribution in [3.63, 3.8) is 0 Å². The molecule has 1 N–H and O–H groups in total. The van der Waals surface area contributed by atoms with E-state index in [1.165, 1.54) is 0 Å². The summed E-state index contributed by atoms with van der Waals surface area (Å²) in [5, 5.41) is 3.26. The standard InChI is InChI=1S/C13H23N3O/c1-4-7-15-8-10-16(11-9-15)13(17)5-6-14-12(2)3/h1,12,14H,5-11H2,2-3H3. The van der Waals surface area contributed by atoms with Crippen LogP contribution in [-0.4, -0.2) is 61.0 Å². The molecule has 0 atom stereocenters. The van der Waals surface area contributed by atoms with Crippen LogP contribution in [0.15, 0.2) is 0 Å². The average Bonchev–Trinajstić information content (AvgIpc) is 2.30. The molecular formula is C13H23N3O. The number of nitrogens with zero attached hydrogens (tertiary/aromatic N) is 2. The van der Waals surface area contributed by atoms with Crippen LogP contribution in [0.5, 0.6) is 0 Å². The van der Waals surface area contributed by atoms with E-state index < -0.39 is 0 Å². The zero-order chi connectivity index (χ0) is 12.7. The maximum Gasteiger partial charge on any atom is 0.223 e. The smallest absolute Gasteiger partial charge is 0.223 e. The first-order valence-electron chi connectivity index (χ1n) is 6.30. The summed E-state index contributed by atoms with van der Waals surface area (Å²) in [4.78, 5) is 16.0. The van der Waals surface area contributed by atoms with Crippen LogP contribution in [0.3, 0.4) is 0 Å². The van der Waals surface area contributed by atoms with Gasteiger partial charge in [0.25, 0.3) is 0 Å². The van der Waals surface area contributed by atoms with E-state index in [0.29, 0.717) is 19.0 Å². The van der Waals surface area contributed by atoms with Crippen molar-refractivity contribution in [2.45, 2.75) is 26.3 Å². The molecule has 1 fully saturated rings. The van der Waals surface area contributed by atoms with E-state index in [0.717, 1.165) is 32.7 Å². The lowest BCUT2D eigenvalue weighted by molar-refractivity contribution is -0.132. The summed E-state index contributed by atoms with van der Waals surface area (Å²) in [5.41, 5.74) is 0. The monoisotopic (exact) mass is 237 g/mol. The van der Waals surface area contributed by atoms with Crippen LogP contribution in [-0.2, 0) is 4.79 Å². The third kappa shape index (κ3) is 5.20. The molecule has 0 aromatic heterocycles. The van der Waals surface area contributed by atoms with Crippen molar-refractivity contribution in [1.29, 1.82) is 0 Å². The third-order valence-electron chi connectivity index (χ3n) is 2.93. The van der Waals surface area contributed by atoms with Gasteiger partial charge in [-0.15, -0.1) is 6.42 Å². The fraction of sp³-hybridized carbons (Fsp3) is 0.769. The summed E-state index contributed by atoms with van der Waals surface area (Å²) in [5.74, 6) is 2.89. The maximum absolute atomic E-state index is 11.9. The van der Waals surface area contributed by atoms with Gasteiger partial charge >= 0.3 is 0 Å². The summed E-state index contributed by atoms with van der Waals surface area (Å²) in [6.45, 7) is 9.04. The number of hydrogen-bond donors (Lipinski definition) is 1. The molecule has 1 aliphatic heterocycles. The molecule has 4 nitrogen and oxygen atoms in total. The van der Waals surface area contributed by atoms with Crippen molar-refractivity contribution in [2.75, 3.05) is 39.3 Å². The Hall–Kier alpha value is -1.05. The Morgan fingerprint density at radius 3 is 2.53 bits per heavy atom. The lowest BCUT2D eigenvalue weighted by Gasteiger charge is -2.33. The molecule has 4 heteroatoms. The van der Waals surface area contributed by atoms with Crippen LogP contribution in [0.1, 0.15) is 20.3 Å². The molecule has 0 aromatic carbocycles. The van der Waals surface area contributed by atoms with Crippen molar-refractivity contribution < 1.29 is 4.79 Å². The molecule has 0 unspecified atom stereocenters. The number of carbonyl (C=O) groups is 1. The second kappa shape index (κ2) is 7.31. The van der Waals surface area contributed by atoms with Crippen molar-refractivity contribution >= 4 is 5.91 Å². The lowest BCUT2D eigenvalue weighted by Crippen LogP contribution is -2.49. The molecule has 1 heterocycles. The predicted molar refractivity (Wildman–Crippen MR) is 69.6 cm³/mol. The van der Waals surface area contributed by atoms with Crippen molar-refractivity contribution in [3.8, 4) is 12.3 Å². The molecule has 0 radical (unpaired) electrons. The first kappa shape index (κ1) is 14.0. The normalized spacial score (nSPS) is 17.2. The molecule has 17 heavy (non-hydrogen) atoms. The maximum atomic E-state index is 11.9. The summed E-state index contributed by atoms with van der Waals surface area (Å²) in [6.07, 6.45) is 5.86. The van der Waals surface area contributed by atoms with Crippen LogP contribution in [0.25, 0.3) is 0 Å². The van der Waals surface area contributed by atoms with Gasteiger partial charge in [0.2, 0.25) is 5.91 Å². The number of carbonyl (C=O) groups excluding carboxylic acids is 1. The molecule has 1 aliphatic rings. The quantitative estimate of drug-likeness (QED) is 0.692. The van der Waals surface area contributed by atoms with Crippen LogP contribution in [0.4, 0.5) is 0 Å². The highest BCUT2D eigenvalue weighted by Crippen LogP contribution is 2.03. The molecular weight excluding hydrogens is 214 g/mol. The summed E-state index contributed by atoms with van der Waals surface area (Å²) >= 11 is 0. The second-order valence-electron chi connectivity index (χ2n) is 4.72. The topological polar surface area (TPSA) is 35.6 Å². The van der Waals surface area contributed by atoms with E-state index in [4.69, 9.17) is 6.42 Å². The van der Waals surface area contributed by atoms with Gasteiger partial charge in [-0.2, -0.15) is 0 Å². The Kier molecular flexibility index (Phi) is 6.03. The summed E-state index contributed by atoms with van der Waals surface area (Å²) < 4.78 is 0. The van der Waals surface area contributed by atoms with Crippen molar-refractivity contribution in [3.05, 3.63) is 0 Å². The van der Waals surface area contributed by atoms with Gasteiger partial charge in [-0.05, 0) is 0 Å². The average molecular weight is 237 g/mol. The van der Waals surface area contributed by atoms with E-state index in [2.05, 4.69) is 30.0 Å². The SMILES string of the molecule is C#CCN1CCN(C(=O)CCNC(C)C)CC1. The minimum atomic E-state index is 0.249. The third-order valence-corrected chi connectivity index (χ3v) is 2.93. The van der Waals surface area contributed by atoms with Gasteiger partial charge in [-0.1, -0.05) is 19.8 Å². The Balaban J connectivity index is 2.20. The molecule has 1 rings (SSSR count). The number of hydrogen-bond acceptors (Lipinski definition) is 3. The predicted octanol–water partition coefficient (Wildman–Crippen LogP) is 0.152. The van der Waals surface area contributed by atoms with Gasteiger partial charge in [-0.25, -0.2) is 0 Å². The van der Waals surface area contributed by atoms with Gasteiger partial charge in [0.15, 0.2) is 0 Å². The van der Waals surface area contributed by atoms with Crippen LogP contribution in [0, 0.1) is 12.3 Å². The Morgan fingerprint density at radius 2 is 2.00 bits per heavy atom. The Bertz CT molecular complexity index is 275. The molecule has 0 aliphatic carbocycles. The fourth-order valence-corrected chi connectivity index (χ4v) is 1.91. The number of terminal acetylenes is 1. The first-order valence-corrected chi connectivity index (χ1v) is 6.30. The van der Waals surface area contributed by atoms with Crippen molar-refractivity contribution in [2.24, 2.45) is 0 Å². The lowest BCUT2D eigenvalue weighted by atomic mass is 10.2. The molecule has 0 bridgehead atoms. The van der Waals surface area contributed by atoms with Crippen molar-refractivity contribution in [1.82, 2.24) is 15.1 Å². The second-order valence-corrected chi connectivity index (χ2v) is 4.72. The Morgan fingerprint density at radius 1 is 1.35 bits per heavy atom. The van der Waals surface area contributed by atoms with Crippen LogP contribution in [0.2, 0.25) is 0 Å². The van der Waals surface area contributed by atoms with Gasteiger partial charge in [0.1, 0.15) is 0 Å². The van der Waals surface area contributed by atoms with E-state index in [1.807, 2.05) is 4.90 Å². The van der Waals surface area contributed by atoms with Gasteiger partial charge in [0, 0.05) is 45.2 Å². The largest absolute Gasteiger partial charge is 0.340 e. The molecule has 0 spiro atoms. The number of amides is 1. The highest BCUT2D eigenvalue weighted by Gasteiger charge is 2.19. The minimum Gasteiger partial charge on any atom is -0.340 e. The van der Waals surface area contributed by atoms with E-state index in [9.17, 15) is 4.79 Å². The number of piperazine rings is 1. The van der Waals surface area contributed by atoms with E-state index >= 15 is 0 Å². The minimum absolute atomic E-state index is 0.249. The fourth-order valence-electron chi connectivity index (χ4n) is 1.91. The summed E-state index contributed by atoms with van der Waals surface area (Å²) in [6, 6.07) is 0.440. The zero-order valence-corrected chi connectivity index (χ0v) is 10.9. The highest BCUT2D eigenvalue weighted by atomic mass is 16.2. The highest BCUT2D eigenvalue weighted by molar-refractivity contribution is 5.76. The van der Waals surface area contributed by atoms with E-state index in [1.54, 1.807) is 0 Å². The van der Waals surface area contributed by atoms with Crippen LogP contribution >= 0.6 is 0 Å². The van der Waals surface area contributed by atoms with Crippen LogP contribution < -0.4 is 5.32 Å². The molecule has 0 saturated carbocycles. The number of rotatable bonds is 5. The van der Waals surface area contributed by atoms with E-state index in [-0.39, 0.29) is 5.91 Å². The first-order chi connectivity index (χ1) is 8.13. The van der Waals surface area contributed by atoms with Gasteiger partial charge < -0.3 is 10.2 Å². The molecule has 1 amide bonds. The van der Waals surface area contributed by atoms with Gasteiger partial charge in [-0.3, -0.25) is 9.69 Å². The number of nitrogens with one attached hydrogen (secondary N) is 1. The Labute approximate surface area is 104 Å². The molecule has 1 saturated heterocycles. The van der Waals surface area contributed by atoms with Gasteiger partial charge in [0.05, 0.1) is 6.54 Å². The molecule has 0 aromatic rings. The summed E-state index contributed by atoms with van der Waals surface area (Å²) in [7, 11) is 0. The zero-order valence-electron chi connectivity index (χ0n) is 10.9. The molecule has 96 valence electrons.